The van der Waals surface area contributed by atoms with Crippen molar-refractivity contribution in [1.29, 1.82) is 0 Å². The molecule has 0 saturated heterocycles. The first kappa shape index (κ1) is 11.0. The molecule has 0 aromatic carbocycles. The predicted octanol–water partition coefficient (Wildman–Crippen LogP) is 1.71. The van der Waals surface area contributed by atoms with Crippen molar-refractivity contribution in [3.8, 4) is 0 Å². The highest BCUT2D eigenvalue weighted by atomic mass is 15.2. The molecule has 1 rings (SSSR count). The third-order valence-electron chi connectivity index (χ3n) is 3.07. The van der Waals surface area contributed by atoms with Gasteiger partial charge in [0.25, 0.3) is 0 Å². The topological polar surface area (TPSA) is 15.3 Å². The monoisotopic (exact) mass is 184 g/mol. The van der Waals surface area contributed by atoms with Crippen LogP contribution in [0.1, 0.15) is 33.1 Å². The summed E-state index contributed by atoms with van der Waals surface area (Å²) in [5.41, 5.74) is 0. The largest absolute Gasteiger partial charge is 0.315 e. The SMILES string of the molecule is CNC1CCCC1N(C)CC(C)C. The maximum Gasteiger partial charge on any atom is 0.0246 e. The van der Waals surface area contributed by atoms with Crippen LogP contribution >= 0.6 is 0 Å². The molecule has 1 saturated carbocycles. The van der Waals surface area contributed by atoms with Crippen LogP contribution < -0.4 is 5.32 Å². The Kier molecular flexibility index (Phi) is 4.20. The Hall–Kier alpha value is -0.0800. The summed E-state index contributed by atoms with van der Waals surface area (Å²) < 4.78 is 0. The molecule has 1 N–H and O–H groups in total. The number of nitrogens with one attached hydrogen (secondary N) is 1. The first-order valence-electron chi connectivity index (χ1n) is 5.52. The van der Waals surface area contributed by atoms with E-state index in [9.17, 15) is 0 Å². The Bertz CT molecular complexity index is 145. The van der Waals surface area contributed by atoms with Crippen LogP contribution in [0.3, 0.4) is 0 Å². The second-order valence-corrected chi connectivity index (χ2v) is 4.73. The molecule has 0 amide bonds. The highest BCUT2D eigenvalue weighted by Gasteiger charge is 2.28. The van der Waals surface area contributed by atoms with Gasteiger partial charge in [-0.3, -0.25) is 0 Å². The van der Waals surface area contributed by atoms with E-state index in [-0.39, 0.29) is 0 Å². The van der Waals surface area contributed by atoms with Crippen molar-refractivity contribution < 1.29 is 0 Å². The van der Waals surface area contributed by atoms with Crippen LogP contribution in [0.5, 0.6) is 0 Å². The van der Waals surface area contributed by atoms with E-state index < -0.39 is 0 Å². The molecule has 78 valence electrons. The minimum atomic E-state index is 0.726. The van der Waals surface area contributed by atoms with Crippen LogP contribution in [0, 0.1) is 5.92 Å². The molecule has 1 aliphatic carbocycles. The molecule has 0 spiro atoms. The maximum atomic E-state index is 3.43. The zero-order valence-electron chi connectivity index (χ0n) is 9.51. The molecule has 1 aliphatic rings. The molecule has 0 aromatic rings. The van der Waals surface area contributed by atoms with Crippen molar-refractivity contribution in [3.63, 3.8) is 0 Å². The molecule has 13 heavy (non-hydrogen) atoms. The minimum absolute atomic E-state index is 0.726. The van der Waals surface area contributed by atoms with Crippen LogP contribution in [-0.2, 0) is 0 Å². The van der Waals surface area contributed by atoms with Crippen LogP contribution in [-0.4, -0.2) is 37.6 Å². The van der Waals surface area contributed by atoms with Gasteiger partial charge in [-0.2, -0.15) is 0 Å². The summed E-state index contributed by atoms with van der Waals surface area (Å²) in [5.74, 6) is 0.781. The predicted molar refractivity (Wildman–Crippen MR) is 58.0 cm³/mol. The minimum Gasteiger partial charge on any atom is -0.315 e. The lowest BCUT2D eigenvalue weighted by Crippen LogP contribution is -2.45. The van der Waals surface area contributed by atoms with E-state index in [1.54, 1.807) is 0 Å². The first-order valence-corrected chi connectivity index (χ1v) is 5.52. The van der Waals surface area contributed by atoms with Gasteiger partial charge in [0.15, 0.2) is 0 Å². The summed E-state index contributed by atoms with van der Waals surface area (Å²) in [5, 5.41) is 3.43. The fraction of sp³-hybridized carbons (Fsp3) is 1.00. The molecular weight excluding hydrogens is 160 g/mol. The van der Waals surface area contributed by atoms with Crippen LogP contribution in [0.4, 0.5) is 0 Å². The van der Waals surface area contributed by atoms with Gasteiger partial charge in [-0.25, -0.2) is 0 Å². The number of rotatable bonds is 4. The van der Waals surface area contributed by atoms with Gasteiger partial charge in [0.05, 0.1) is 0 Å². The second kappa shape index (κ2) is 4.97. The third kappa shape index (κ3) is 2.96. The van der Waals surface area contributed by atoms with E-state index in [0.717, 1.165) is 18.0 Å². The fourth-order valence-corrected chi connectivity index (χ4v) is 2.52. The van der Waals surface area contributed by atoms with Crippen LogP contribution in [0.25, 0.3) is 0 Å². The highest BCUT2D eigenvalue weighted by Crippen LogP contribution is 2.23. The van der Waals surface area contributed by atoms with E-state index in [1.165, 1.54) is 25.8 Å². The van der Waals surface area contributed by atoms with Crippen molar-refractivity contribution in [1.82, 2.24) is 10.2 Å². The standard InChI is InChI=1S/C11H24N2/c1-9(2)8-13(4)11-7-5-6-10(11)12-3/h9-12H,5-8H2,1-4H3. The number of hydrogen-bond acceptors (Lipinski definition) is 2. The quantitative estimate of drug-likeness (QED) is 0.715. The summed E-state index contributed by atoms with van der Waals surface area (Å²) in [6.45, 7) is 5.81. The Labute approximate surface area is 82.7 Å². The van der Waals surface area contributed by atoms with E-state index in [1.807, 2.05) is 0 Å². The zero-order chi connectivity index (χ0) is 9.84. The van der Waals surface area contributed by atoms with Crippen molar-refractivity contribution in [3.05, 3.63) is 0 Å². The molecule has 1 fully saturated rings. The fourth-order valence-electron chi connectivity index (χ4n) is 2.52. The average molecular weight is 184 g/mol. The number of hydrogen-bond donors (Lipinski definition) is 1. The van der Waals surface area contributed by atoms with Gasteiger partial charge in [0, 0.05) is 18.6 Å². The van der Waals surface area contributed by atoms with E-state index >= 15 is 0 Å². The van der Waals surface area contributed by atoms with Crippen molar-refractivity contribution in [2.75, 3.05) is 20.6 Å². The van der Waals surface area contributed by atoms with Crippen LogP contribution in [0.2, 0.25) is 0 Å². The highest BCUT2D eigenvalue weighted by molar-refractivity contribution is 4.88. The van der Waals surface area contributed by atoms with Gasteiger partial charge in [-0.1, -0.05) is 20.3 Å². The first-order chi connectivity index (χ1) is 6.15. The molecule has 0 aliphatic heterocycles. The Morgan fingerprint density at radius 1 is 1.38 bits per heavy atom. The summed E-state index contributed by atoms with van der Waals surface area (Å²) in [4.78, 5) is 2.53. The summed E-state index contributed by atoms with van der Waals surface area (Å²) >= 11 is 0. The lowest BCUT2D eigenvalue weighted by Gasteiger charge is -2.30. The Morgan fingerprint density at radius 2 is 2.08 bits per heavy atom. The third-order valence-corrected chi connectivity index (χ3v) is 3.07. The van der Waals surface area contributed by atoms with Gasteiger partial charge in [-0.05, 0) is 32.9 Å². The maximum absolute atomic E-state index is 3.43. The number of nitrogens with zero attached hydrogens (tertiary/aromatic N) is 1. The summed E-state index contributed by atoms with van der Waals surface area (Å²) in [7, 11) is 4.35. The molecule has 2 nitrogen and oxygen atoms in total. The second-order valence-electron chi connectivity index (χ2n) is 4.73. The lowest BCUT2D eigenvalue weighted by molar-refractivity contribution is 0.195. The van der Waals surface area contributed by atoms with Gasteiger partial charge in [0.1, 0.15) is 0 Å². The summed E-state index contributed by atoms with van der Waals surface area (Å²) in [6.07, 6.45) is 4.11. The van der Waals surface area contributed by atoms with Gasteiger partial charge in [0.2, 0.25) is 0 Å². The van der Waals surface area contributed by atoms with Gasteiger partial charge < -0.3 is 10.2 Å². The van der Waals surface area contributed by atoms with E-state index in [0.29, 0.717) is 0 Å². The lowest BCUT2D eigenvalue weighted by atomic mass is 10.1. The molecule has 0 heterocycles. The normalized spacial score (nSPS) is 29.1. The molecule has 2 atom stereocenters. The van der Waals surface area contributed by atoms with Crippen molar-refractivity contribution >= 4 is 0 Å². The average Bonchev–Trinajstić information content (AvgIpc) is 2.49. The zero-order valence-corrected chi connectivity index (χ0v) is 9.51. The molecule has 2 heteroatoms. The Morgan fingerprint density at radius 3 is 2.62 bits per heavy atom. The molecular formula is C11H24N2. The van der Waals surface area contributed by atoms with E-state index in [4.69, 9.17) is 0 Å². The van der Waals surface area contributed by atoms with Crippen molar-refractivity contribution in [2.24, 2.45) is 5.92 Å². The van der Waals surface area contributed by atoms with Gasteiger partial charge >= 0.3 is 0 Å². The molecule has 2 unspecified atom stereocenters. The smallest absolute Gasteiger partial charge is 0.0246 e. The van der Waals surface area contributed by atoms with Crippen LogP contribution in [0.15, 0.2) is 0 Å². The Balaban J connectivity index is 2.40. The molecule has 0 aromatic heterocycles. The summed E-state index contributed by atoms with van der Waals surface area (Å²) in [6, 6.07) is 1.50. The van der Waals surface area contributed by atoms with Crippen molar-refractivity contribution in [2.45, 2.75) is 45.2 Å². The number of likely N-dealkylation sites (N-methyl/N-ethyl adjacent to an activating group) is 2. The van der Waals surface area contributed by atoms with Gasteiger partial charge in [-0.15, -0.1) is 0 Å². The molecule has 0 bridgehead atoms. The molecule has 0 radical (unpaired) electrons. The van der Waals surface area contributed by atoms with E-state index in [2.05, 4.69) is 38.2 Å².